The molecule has 0 amide bonds. The predicted octanol–water partition coefficient (Wildman–Crippen LogP) is 6.10. The molecule has 8 heteroatoms. The van der Waals surface area contributed by atoms with Gasteiger partial charge in [0, 0.05) is 68.5 Å². The van der Waals surface area contributed by atoms with Crippen molar-refractivity contribution in [2.45, 2.75) is 26.2 Å². The first-order chi connectivity index (χ1) is 19.6. The van der Waals surface area contributed by atoms with Crippen molar-refractivity contribution >= 4 is 45.0 Å². The number of aromatic amines is 2. The van der Waals surface area contributed by atoms with E-state index in [1.165, 1.54) is 16.9 Å². The number of hydrogen-bond donors (Lipinski definition) is 2. The Bertz CT molecular complexity index is 1560. The fourth-order valence-corrected chi connectivity index (χ4v) is 5.83. The summed E-state index contributed by atoms with van der Waals surface area (Å²) in [7, 11) is 2.19. The molecule has 6 rings (SSSR count). The Morgan fingerprint density at radius 3 is 2.38 bits per heavy atom. The molecule has 2 aromatic heterocycles. The summed E-state index contributed by atoms with van der Waals surface area (Å²) in [6.07, 6.45) is 2.99. The third-order valence-corrected chi connectivity index (χ3v) is 8.22. The van der Waals surface area contributed by atoms with Crippen LogP contribution in [0.5, 0.6) is 0 Å². The van der Waals surface area contributed by atoms with Gasteiger partial charge >= 0.3 is 0 Å². The molecule has 5 aromatic rings. The number of alkyl halides is 1. The molecule has 1 fully saturated rings. The number of aromatic nitrogens is 4. The molecule has 40 heavy (non-hydrogen) atoms. The average molecular weight is 556 g/mol. The van der Waals surface area contributed by atoms with Crippen LogP contribution in [0, 0.1) is 0 Å². The van der Waals surface area contributed by atoms with Crippen LogP contribution >= 0.6 is 11.6 Å². The van der Waals surface area contributed by atoms with Crippen LogP contribution in [-0.4, -0.2) is 77.0 Å². The van der Waals surface area contributed by atoms with Gasteiger partial charge in [0.25, 0.3) is 0 Å². The van der Waals surface area contributed by atoms with E-state index in [0.29, 0.717) is 5.88 Å². The fourth-order valence-electron chi connectivity index (χ4n) is 5.63. The highest BCUT2D eigenvalue weighted by molar-refractivity contribution is 6.18. The zero-order valence-electron chi connectivity index (χ0n) is 23.5. The zero-order chi connectivity index (χ0) is 27.5. The molecule has 0 aliphatic carbocycles. The van der Waals surface area contributed by atoms with Crippen LogP contribution in [-0.2, 0) is 12.8 Å². The summed E-state index contributed by atoms with van der Waals surface area (Å²) in [6.45, 7) is 8.31. The Kier molecular flexibility index (Phi) is 7.93. The van der Waals surface area contributed by atoms with Crippen LogP contribution in [0.3, 0.4) is 0 Å². The summed E-state index contributed by atoms with van der Waals surface area (Å²) < 4.78 is 0. The first kappa shape index (κ1) is 26.7. The second-order valence-electron chi connectivity index (χ2n) is 10.8. The summed E-state index contributed by atoms with van der Waals surface area (Å²) in [4.78, 5) is 24.0. The molecule has 0 unspecified atom stereocenters. The number of nitrogens with one attached hydrogen (secondary N) is 2. The van der Waals surface area contributed by atoms with Crippen LogP contribution < -0.4 is 9.80 Å². The second-order valence-corrected chi connectivity index (χ2v) is 11.2. The molecular formula is C32H38ClN7. The van der Waals surface area contributed by atoms with Gasteiger partial charge in [-0.15, -0.1) is 11.6 Å². The lowest BCUT2D eigenvalue weighted by atomic mass is 10.1. The number of hydrogen-bond acceptors (Lipinski definition) is 5. The Hall–Kier alpha value is -3.55. The first-order valence-electron chi connectivity index (χ1n) is 14.4. The minimum atomic E-state index is 0.644. The van der Waals surface area contributed by atoms with E-state index in [4.69, 9.17) is 21.6 Å². The summed E-state index contributed by atoms with van der Waals surface area (Å²) in [5.41, 5.74) is 9.03. The molecule has 1 aliphatic rings. The average Bonchev–Trinajstić information content (AvgIpc) is 3.60. The molecule has 7 nitrogen and oxygen atoms in total. The topological polar surface area (TPSA) is 67.1 Å². The standard InChI is InChI=1S/C32H38ClN7/c1-3-39(16-15-33)25-10-7-23(8-11-25)5-4-6-31-34-27-13-9-24(21-29(27)35-31)32-36-28-14-12-26(22-30(28)37-32)40-19-17-38(2)18-20-40/h7-14,21-22H,3-6,15-20H2,1-2H3,(H,34,35)(H,36,37). The van der Waals surface area contributed by atoms with Gasteiger partial charge in [0.1, 0.15) is 11.6 Å². The summed E-state index contributed by atoms with van der Waals surface area (Å²) in [5.74, 6) is 2.56. The number of halogens is 1. The highest BCUT2D eigenvalue weighted by Crippen LogP contribution is 2.27. The Morgan fingerprint density at radius 2 is 1.60 bits per heavy atom. The Morgan fingerprint density at radius 1 is 0.850 bits per heavy atom. The molecule has 0 saturated carbocycles. The number of benzene rings is 3. The SMILES string of the molecule is CCN(CCCl)c1ccc(CCCc2nc3ccc(-c4nc5ccc(N6CCN(C)CC6)cc5[nH]4)cc3[nH]2)cc1. The molecule has 3 aromatic carbocycles. The maximum atomic E-state index is 5.94. The highest BCUT2D eigenvalue weighted by atomic mass is 35.5. The van der Waals surface area contributed by atoms with Crippen molar-refractivity contribution in [2.75, 3.05) is 62.0 Å². The number of fused-ring (bicyclic) bond motifs is 2. The van der Waals surface area contributed by atoms with Crippen LogP contribution in [0.15, 0.2) is 60.7 Å². The molecule has 1 saturated heterocycles. The zero-order valence-corrected chi connectivity index (χ0v) is 24.2. The van der Waals surface area contributed by atoms with E-state index in [1.807, 2.05) is 0 Å². The smallest absolute Gasteiger partial charge is 0.138 e. The van der Waals surface area contributed by atoms with E-state index in [9.17, 15) is 0 Å². The second kappa shape index (κ2) is 11.9. The highest BCUT2D eigenvalue weighted by Gasteiger charge is 2.16. The number of likely N-dealkylation sites (N-methyl/N-ethyl adjacent to an activating group) is 1. The summed E-state index contributed by atoms with van der Waals surface area (Å²) >= 11 is 5.94. The number of piperazine rings is 1. The number of nitrogens with zero attached hydrogens (tertiary/aromatic N) is 5. The lowest BCUT2D eigenvalue weighted by Crippen LogP contribution is -2.44. The van der Waals surface area contributed by atoms with Crippen LogP contribution in [0.1, 0.15) is 24.7 Å². The van der Waals surface area contributed by atoms with Crippen molar-refractivity contribution in [3.8, 4) is 11.4 Å². The largest absolute Gasteiger partial charge is 0.371 e. The number of H-pyrrole nitrogens is 2. The van der Waals surface area contributed by atoms with Crippen molar-refractivity contribution in [2.24, 2.45) is 0 Å². The van der Waals surface area contributed by atoms with Gasteiger partial charge in [0.15, 0.2) is 0 Å². The van der Waals surface area contributed by atoms with E-state index in [1.54, 1.807) is 0 Å². The third kappa shape index (κ3) is 5.81. The number of anilines is 2. The number of aryl methyl sites for hydroxylation is 2. The van der Waals surface area contributed by atoms with Gasteiger partial charge in [-0.2, -0.15) is 0 Å². The minimum Gasteiger partial charge on any atom is -0.371 e. The monoisotopic (exact) mass is 555 g/mol. The molecule has 208 valence electrons. The molecule has 1 aliphatic heterocycles. The minimum absolute atomic E-state index is 0.644. The molecule has 0 spiro atoms. The van der Waals surface area contributed by atoms with Crippen molar-refractivity contribution in [1.29, 1.82) is 0 Å². The van der Waals surface area contributed by atoms with E-state index in [0.717, 1.165) is 97.8 Å². The molecule has 2 N–H and O–H groups in total. The van der Waals surface area contributed by atoms with Gasteiger partial charge in [-0.1, -0.05) is 12.1 Å². The maximum absolute atomic E-state index is 5.94. The molecule has 0 bridgehead atoms. The van der Waals surface area contributed by atoms with Gasteiger partial charge in [0.05, 0.1) is 22.1 Å². The Labute approximate surface area is 241 Å². The van der Waals surface area contributed by atoms with Gasteiger partial charge < -0.3 is 24.7 Å². The third-order valence-electron chi connectivity index (χ3n) is 8.05. The molecule has 0 radical (unpaired) electrons. The van der Waals surface area contributed by atoms with Crippen molar-refractivity contribution < 1.29 is 0 Å². The molecular weight excluding hydrogens is 518 g/mol. The lowest BCUT2D eigenvalue weighted by Gasteiger charge is -2.34. The normalized spacial score (nSPS) is 14.4. The predicted molar refractivity (Wildman–Crippen MR) is 168 cm³/mol. The number of rotatable bonds is 10. The van der Waals surface area contributed by atoms with Crippen molar-refractivity contribution in [3.63, 3.8) is 0 Å². The van der Waals surface area contributed by atoms with Gasteiger partial charge in [-0.05, 0) is 80.9 Å². The van der Waals surface area contributed by atoms with Gasteiger partial charge in [-0.25, -0.2) is 9.97 Å². The van der Waals surface area contributed by atoms with Crippen LogP contribution in [0.25, 0.3) is 33.5 Å². The van der Waals surface area contributed by atoms with E-state index >= 15 is 0 Å². The van der Waals surface area contributed by atoms with E-state index < -0.39 is 0 Å². The number of imidazole rings is 2. The van der Waals surface area contributed by atoms with Gasteiger partial charge in [-0.3, -0.25) is 0 Å². The quantitative estimate of drug-likeness (QED) is 0.204. The maximum Gasteiger partial charge on any atom is 0.138 e. The van der Waals surface area contributed by atoms with Gasteiger partial charge in [0.2, 0.25) is 0 Å². The first-order valence-corrected chi connectivity index (χ1v) is 14.9. The summed E-state index contributed by atoms with van der Waals surface area (Å²) in [5, 5.41) is 0. The molecule has 3 heterocycles. The van der Waals surface area contributed by atoms with Crippen LogP contribution in [0.2, 0.25) is 0 Å². The van der Waals surface area contributed by atoms with E-state index in [2.05, 4.69) is 99.3 Å². The molecule has 0 atom stereocenters. The van der Waals surface area contributed by atoms with Crippen LogP contribution in [0.4, 0.5) is 11.4 Å². The van der Waals surface area contributed by atoms with Crippen molar-refractivity contribution in [3.05, 3.63) is 72.1 Å². The van der Waals surface area contributed by atoms with E-state index in [-0.39, 0.29) is 0 Å². The summed E-state index contributed by atoms with van der Waals surface area (Å²) in [6, 6.07) is 21.8. The van der Waals surface area contributed by atoms with Crippen molar-refractivity contribution in [1.82, 2.24) is 24.8 Å². The fraction of sp³-hybridized carbons (Fsp3) is 0.375. The lowest BCUT2D eigenvalue weighted by molar-refractivity contribution is 0.313. The Balaban J connectivity index is 1.11.